The number of para-hydroxylation sites is 1. The number of rotatable bonds is 0. The van der Waals surface area contributed by atoms with Gasteiger partial charge in [-0.2, -0.15) is 0 Å². The van der Waals surface area contributed by atoms with Gasteiger partial charge in [0.05, 0.1) is 16.9 Å². The van der Waals surface area contributed by atoms with Crippen molar-refractivity contribution in [1.29, 1.82) is 0 Å². The summed E-state index contributed by atoms with van der Waals surface area (Å²) in [6.07, 6.45) is 1.95. The van der Waals surface area contributed by atoms with E-state index in [9.17, 15) is 4.79 Å². The number of aromatic nitrogens is 1. The summed E-state index contributed by atoms with van der Waals surface area (Å²) in [4.78, 5) is 12.4. The van der Waals surface area contributed by atoms with Gasteiger partial charge in [0.15, 0.2) is 0 Å². The fraction of sp³-hybridized carbons (Fsp3) is 0.214. The zero-order valence-electron chi connectivity index (χ0n) is 9.36. The van der Waals surface area contributed by atoms with Crippen LogP contribution in [-0.4, -0.2) is 17.0 Å². The van der Waals surface area contributed by atoms with Crippen LogP contribution in [0.4, 0.5) is 0 Å². The number of carbonyl (C=O) groups excluding carboxylic acids is 1. The second-order valence-electron chi connectivity index (χ2n) is 4.61. The third-order valence-electron chi connectivity index (χ3n) is 3.64. The molecule has 84 valence electrons. The molecule has 3 nitrogen and oxygen atoms in total. The molecule has 4 rings (SSSR count). The number of nitrogens with zero attached hydrogens (tertiary/aromatic N) is 1. The highest BCUT2D eigenvalue weighted by Crippen LogP contribution is 2.35. The molecule has 2 aliphatic heterocycles. The molecule has 0 aliphatic carbocycles. The van der Waals surface area contributed by atoms with Crippen molar-refractivity contribution in [2.24, 2.45) is 0 Å². The Labute approximate surface area is 98.7 Å². The summed E-state index contributed by atoms with van der Waals surface area (Å²) in [7, 11) is 0. The van der Waals surface area contributed by atoms with Gasteiger partial charge in [-0.15, -0.1) is 0 Å². The average molecular weight is 224 g/mol. The van der Waals surface area contributed by atoms with E-state index in [0.717, 1.165) is 47.3 Å². The van der Waals surface area contributed by atoms with Gasteiger partial charge < -0.3 is 5.32 Å². The van der Waals surface area contributed by atoms with Crippen molar-refractivity contribution in [3.63, 3.8) is 0 Å². The molecule has 0 radical (unpaired) electrons. The van der Waals surface area contributed by atoms with E-state index in [4.69, 9.17) is 0 Å². The predicted molar refractivity (Wildman–Crippen MR) is 66.7 cm³/mol. The maximum absolute atomic E-state index is 12.4. The van der Waals surface area contributed by atoms with E-state index < -0.39 is 0 Å². The van der Waals surface area contributed by atoms with Gasteiger partial charge in [-0.3, -0.25) is 9.36 Å². The van der Waals surface area contributed by atoms with Gasteiger partial charge in [0.25, 0.3) is 5.91 Å². The lowest BCUT2D eigenvalue weighted by Crippen LogP contribution is -2.19. The minimum absolute atomic E-state index is 0.156. The van der Waals surface area contributed by atoms with Crippen LogP contribution in [0.3, 0.4) is 0 Å². The van der Waals surface area contributed by atoms with Gasteiger partial charge in [-0.25, -0.2) is 0 Å². The molecule has 3 heterocycles. The van der Waals surface area contributed by atoms with Gasteiger partial charge in [-0.05, 0) is 25.0 Å². The predicted octanol–water partition coefficient (Wildman–Crippen LogP) is 2.39. The van der Waals surface area contributed by atoms with Gasteiger partial charge in [0.2, 0.25) is 0 Å². The summed E-state index contributed by atoms with van der Waals surface area (Å²) in [5, 5.41) is 4.50. The van der Waals surface area contributed by atoms with Gasteiger partial charge in [0, 0.05) is 17.5 Å². The Bertz CT molecular complexity index is 679. The van der Waals surface area contributed by atoms with E-state index in [1.165, 1.54) is 0 Å². The Morgan fingerprint density at radius 3 is 3.06 bits per heavy atom. The van der Waals surface area contributed by atoms with E-state index in [-0.39, 0.29) is 5.91 Å². The number of hydrogen-bond donors (Lipinski definition) is 1. The largest absolute Gasteiger partial charge is 0.383 e. The molecule has 17 heavy (non-hydrogen) atoms. The third kappa shape index (κ3) is 1.04. The quantitative estimate of drug-likeness (QED) is 0.745. The van der Waals surface area contributed by atoms with Gasteiger partial charge in [0.1, 0.15) is 0 Å². The lowest BCUT2D eigenvalue weighted by molar-refractivity contribution is 0.0962. The molecule has 2 aromatic rings. The molecule has 1 aromatic heterocycles. The van der Waals surface area contributed by atoms with Crippen molar-refractivity contribution in [2.75, 3.05) is 6.54 Å². The molecule has 3 heteroatoms. The second-order valence-corrected chi connectivity index (χ2v) is 4.61. The summed E-state index contributed by atoms with van der Waals surface area (Å²) in [6, 6.07) is 10.2. The summed E-state index contributed by atoms with van der Waals surface area (Å²) >= 11 is 0. The highest BCUT2D eigenvalue weighted by atomic mass is 16.2. The Hall–Kier alpha value is -2.03. The Morgan fingerprint density at radius 2 is 2.12 bits per heavy atom. The number of benzene rings is 1. The second kappa shape index (κ2) is 3.00. The first kappa shape index (κ1) is 9.05. The van der Waals surface area contributed by atoms with E-state index in [2.05, 4.69) is 17.4 Å². The minimum atomic E-state index is 0.156. The summed E-state index contributed by atoms with van der Waals surface area (Å²) in [5.41, 5.74) is 4.06. The summed E-state index contributed by atoms with van der Waals surface area (Å²) in [5.74, 6) is 0.156. The topological polar surface area (TPSA) is 34.0 Å². The van der Waals surface area contributed by atoms with Crippen LogP contribution in [0.25, 0.3) is 16.6 Å². The number of allylic oxidation sites excluding steroid dienone is 1. The van der Waals surface area contributed by atoms with Crippen molar-refractivity contribution >= 4 is 22.5 Å². The lowest BCUT2D eigenvalue weighted by atomic mass is 10.0. The number of hydrogen-bond acceptors (Lipinski definition) is 2. The molecule has 2 aliphatic rings. The monoisotopic (exact) mass is 224 g/mol. The first-order valence-corrected chi connectivity index (χ1v) is 5.99. The molecular formula is C14H12N2O. The van der Waals surface area contributed by atoms with E-state index in [1.807, 2.05) is 22.8 Å². The molecule has 0 spiro atoms. The van der Waals surface area contributed by atoms with Crippen molar-refractivity contribution in [3.05, 3.63) is 41.6 Å². The number of nitrogens with one attached hydrogen (secondary N) is 1. The number of carbonyl (C=O) groups is 1. The van der Waals surface area contributed by atoms with Crippen molar-refractivity contribution in [1.82, 2.24) is 9.88 Å². The number of fused-ring (bicyclic) bond motifs is 4. The normalized spacial score (nSPS) is 18.2. The van der Waals surface area contributed by atoms with Crippen molar-refractivity contribution < 1.29 is 4.79 Å². The van der Waals surface area contributed by atoms with Gasteiger partial charge >= 0.3 is 0 Å². The maximum atomic E-state index is 12.4. The molecule has 0 amide bonds. The Balaban J connectivity index is 2.06. The Kier molecular flexibility index (Phi) is 1.60. The van der Waals surface area contributed by atoms with E-state index in [0.29, 0.717) is 0 Å². The van der Waals surface area contributed by atoms with E-state index in [1.54, 1.807) is 0 Å². The molecule has 0 atom stereocenters. The minimum Gasteiger partial charge on any atom is -0.383 e. The first-order valence-electron chi connectivity index (χ1n) is 5.99. The molecule has 1 N–H and O–H groups in total. The third-order valence-corrected chi connectivity index (χ3v) is 3.64. The van der Waals surface area contributed by atoms with Crippen LogP contribution in [0, 0.1) is 0 Å². The molecular weight excluding hydrogens is 212 g/mol. The highest BCUT2D eigenvalue weighted by molar-refractivity contribution is 6.13. The molecule has 0 unspecified atom stereocenters. The fourth-order valence-corrected chi connectivity index (χ4v) is 2.86. The molecule has 0 bridgehead atoms. The molecule has 0 saturated carbocycles. The lowest BCUT2D eigenvalue weighted by Gasteiger charge is -2.14. The summed E-state index contributed by atoms with van der Waals surface area (Å²) in [6.45, 7) is 0.966. The first-order chi connectivity index (χ1) is 8.36. The van der Waals surface area contributed by atoms with Crippen LogP contribution in [0.2, 0.25) is 0 Å². The zero-order chi connectivity index (χ0) is 11.4. The van der Waals surface area contributed by atoms with Crippen LogP contribution in [-0.2, 0) is 0 Å². The van der Waals surface area contributed by atoms with Crippen LogP contribution in [0.5, 0.6) is 0 Å². The standard InChI is InChI=1S/C14H12N2O/c17-14-10-5-3-7-15-13(10)12-8-9-4-1-2-6-11(9)16(12)14/h1-2,4,6,8,15H,3,5,7H2. The van der Waals surface area contributed by atoms with Crippen LogP contribution < -0.4 is 5.32 Å². The maximum Gasteiger partial charge on any atom is 0.261 e. The average Bonchev–Trinajstić information content (AvgIpc) is 2.88. The fourth-order valence-electron chi connectivity index (χ4n) is 2.86. The highest BCUT2D eigenvalue weighted by Gasteiger charge is 2.32. The zero-order valence-corrected chi connectivity index (χ0v) is 9.36. The molecule has 0 saturated heterocycles. The van der Waals surface area contributed by atoms with Crippen LogP contribution in [0.15, 0.2) is 35.9 Å². The summed E-state index contributed by atoms with van der Waals surface area (Å²) < 4.78 is 1.85. The van der Waals surface area contributed by atoms with E-state index >= 15 is 0 Å². The SMILES string of the molecule is O=C1C2=C(NCCC2)c2cc3ccccc3n21. The van der Waals surface area contributed by atoms with Crippen LogP contribution in [0.1, 0.15) is 23.3 Å². The molecule has 1 aromatic carbocycles. The van der Waals surface area contributed by atoms with Gasteiger partial charge in [-0.1, -0.05) is 18.2 Å². The Morgan fingerprint density at radius 1 is 1.24 bits per heavy atom. The molecule has 0 fully saturated rings. The van der Waals surface area contributed by atoms with Crippen LogP contribution >= 0.6 is 0 Å². The van der Waals surface area contributed by atoms with Crippen molar-refractivity contribution in [2.45, 2.75) is 12.8 Å². The smallest absolute Gasteiger partial charge is 0.261 e. The van der Waals surface area contributed by atoms with Crippen molar-refractivity contribution in [3.8, 4) is 0 Å².